The number of non-ortho nitro benzene ring substituents is 1. The predicted molar refractivity (Wildman–Crippen MR) is 136 cm³/mol. The van der Waals surface area contributed by atoms with Crippen molar-refractivity contribution in [2.45, 2.75) is 32.0 Å². The van der Waals surface area contributed by atoms with Gasteiger partial charge in [-0.05, 0) is 42.3 Å². The van der Waals surface area contributed by atoms with Crippen LogP contribution in [-0.4, -0.2) is 29.5 Å². The van der Waals surface area contributed by atoms with Gasteiger partial charge in [-0.3, -0.25) is 14.9 Å². The Kier molecular flexibility index (Phi) is 7.33. The SMILES string of the molecule is CC(N=C(N)N)c1ccc(OCCC2Oc3ccccc3N(Cc3ccc([N+](=O)[O-])cc3)C2=O)cc1. The molecule has 3 aromatic rings. The van der Waals surface area contributed by atoms with Crippen LogP contribution in [0.2, 0.25) is 0 Å². The number of fused-ring (bicyclic) bond motifs is 1. The number of nitro benzene ring substituents is 1. The van der Waals surface area contributed by atoms with Crippen LogP contribution < -0.4 is 25.8 Å². The third-order valence-electron chi connectivity index (χ3n) is 5.81. The first-order chi connectivity index (χ1) is 17.3. The van der Waals surface area contributed by atoms with Gasteiger partial charge in [-0.2, -0.15) is 0 Å². The molecule has 0 radical (unpaired) electrons. The van der Waals surface area contributed by atoms with E-state index in [2.05, 4.69) is 4.99 Å². The number of benzene rings is 3. The van der Waals surface area contributed by atoms with Gasteiger partial charge in [0.25, 0.3) is 11.6 Å². The van der Waals surface area contributed by atoms with E-state index in [4.69, 9.17) is 20.9 Å². The molecule has 10 nitrogen and oxygen atoms in total. The number of carbonyl (C=O) groups excluding carboxylic acids is 1. The monoisotopic (exact) mass is 489 g/mol. The maximum absolute atomic E-state index is 13.3. The fraction of sp³-hybridized carbons (Fsp3) is 0.231. The van der Waals surface area contributed by atoms with Crippen LogP contribution in [0.5, 0.6) is 11.5 Å². The highest BCUT2D eigenvalue weighted by Crippen LogP contribution is 2.35. The Morgan fingerprint density at radius 2 is 1.81 bits per heavy atom. The molecular formula is C26H27N5O5. The molecule has 1 aliphatic rings. The normalized spacial score (nSPS) is 15.4. The first kappa shape index (κ1) is 24.5. The summed E-state index contributed by atoms with van der Waals surface area (Å²) in [5.41, 5.74) is 13.3. The van der Waals surface area contributed by atoms with Crippen molar-refractivity contribution in [2.75, 3.05) is 11.5 Å². The van der Waals surface area contributed by atoms with Crippen LogP contribution in [0, 0.1) is 10.1 Å². The summed E-state index contributed by atoms with van der Waals surface area (Å²) in [7, 11) is 0. The number of nitrogens with two attached hydrogens (primary N) is 2. The van der Waals surface area contributed by atoms with Gasteiger partial charge in [0.15, 0.2) is 12.1 Å². The molecule has 0 fully saturated rings. The zero-order chi connectivity index (χ0) is 25.7. The summed E-state index contributed by atoms with van der Waals surface area (Å²) in [6, 6.07) is 20.7. The lowest BCUT2D eigenvalue weighted by molar-refractivity contribution is -0.384. The van der Waals surface area contributed by atoms with E-state index in [0.29, 0.717) is 23.6 Å². The molecule has 1 heterocycles. The van der Waals surface area contributed by atoms with Crippen LogP contribution in [0.25, 0.3) is 0 Å². The fourth-order valence-corrected chi connectivity index (χ4v) is 3.95. The molecule has 186 valence electrons. The molecule has 0 aromatic heterocycles. The first-order valence-electron chi connectivity index (χ1n) is 11.4. The lowest BCUT2D eigenvalue weighted by atomic mass is 10.1. The van der Waals surface area contributed by atoms with Crippen molar-refractivity contribution in [3.63, 3.8) is 0 Å². The third kappa shape index (κ3) is 5.72. The van der Waals surface area contributed by atoms with Crippen molar-refractivity contribution in [3.05, 3.63) is 94.0 Å². The number of rotatable bonds is 9. The van der Waals surface area contributed by atoms with E-state index in [9.17, 15) is 14.9 Å². The highest BCUT2D eigenvalue weighted by molar-refractivity contribution is 5.99. The third-order valence-corrected chi connectivity index (χ3v) is 5.81. The molecule has 1 aliphatic heterocycles. The van der Waals surface area contributed by atoms with Gasteiger partial charge in [0.1, 0.15) is 11.5 Å². The maximum atomic E-state index is 13.3. The summed E-state index contributed by atoms with van der Waals surface area (Å²) in [5.74, 6) is 1.09. The molecule has 0 aliphatic carbocycles. The van der Waals surface area contributed by atoms with Crippen molar-refractivity contribution >= 4 is 23.2 Å². The number of guanidine groups is 1. The van der Waals surface area contributed by atoms with Crippen LogP contribution in [0.15, 0.2) is 77.8 Å². The maximum Gasteiger partial charge on any atom is 0.269 e. The number of ether oxygens (including phenoxy) is 2. The molecule has 0 saturated heterocycles. The second kappa shape index (κ2) is 10.8. The van der Waals surface area contributed by atoms with E-state index in [1.807, 2.05) is 55.5 Å². The van der Waals surface area contributed by atoms with Gasteiger partial charge in [-0.15, -0.1) is 0 Å². The van der Waals surface area contributed by atoms with Crippen molar-refractivity contribution in [1.29, 1.82) is 0 Å². The van der Waals surface area contributed by atoms with Gasteiger partial charge >= 0.3 is 0 Å². The van der Waals surface area contributed by atoms with E-state index in [0.717, 1.165) is 11.1 Å². The van der Waals surface area contributed by atoms with Crippen molar-refractivity contribution in [1.82, 2.24) is 0 Å². The van der Waals surface area contributed by atoms with Crippen LogP contribution in [-0.2, 0) is 11.3 Å². The highest BCUT2D eigenvalue weighted by atomic mass is 16.6. The Balaban J connectivity index is 1.41. The molecule has 2 unspecified atom stereocenters. The minimum Gasteiger partial charge on any atom is -0.493 e. The smallest absolute Gasteiger partial charge is 0.269 e. The Morgan fingerprint density at radius 3 is 2.47 bits per heavy atom. The number of nitrogens with zero attached hydrogens (tertiary/aromatic N) is 3. The van der Waals surface area contributed by atoms with Crippen LogP contribution in [0.4, 0.5) is 11.4 Å². The highest BCUT2D eigenvalue weighted by Gasteiger charge is 2.34. The van der Waals surface area contributed by atoms with E-state index in [-0.39, 0.29) is 36.7 Å². The lowest BCUT2D eigenvalue weighted by Crippen LogP contribution is -2.46. The second-order valence-corrected chi connectivity index (χ2v) is 8.36. The number of nitro groups is 1. The zero-order valence-corrected chi connectivity index (χ0v) is 19.7. The average molecular weight is 490 g/mol. The van der Waals surface area contributed by atoms with Crippen LogP contribution >= 0.6 is 0 Å². The van der Waals surface area contributed by atoms with Gasteiger partial charge in [-0.25, -0.2) is 4.99 Å². The first-order valence-corrected chi connectivity index (χ1v) is 11.4. The van der Waals surface area contributed by atoms with E-state index in [1.54, 1.807) is 17.0 Å². The summed E-state index contributed by atoms with van der Waals surface area (Å²) in [5, 5.41) is 10.9. The molecule has 1 amide bonds. The van der Waals surface area contributed by atoms with Crippen molar-refractivity contribution < 1.29 is 19.2 Å². The summed E-state index contributed by atoms with van der Waals surface area (Å²) in [6.07, 6.45) is -0.380. The minimum absolute atomic E-state index is 0.00112. The summed E-state index contributed by atoms with van der Waals surface area (Å²) >= 11 is 0. The van der Waals surface area contributed by atoms with Gasteiger partial charge < -0.3 is 25.8 Å². The van der Waals surface area contributed by atoms with Gasteiger partial charge in [0, 0.05) is 18.6 Å². The summed E-state index contributed by atoms with van der Waals surface area (Å²) in [4.78, 5) is 29.6. The van der Waals surface area contributed by atoms with E-state index in [1.165, 1.54) is 12.1 Å². The number of amides is 1. The Bertz CT molecular complexity index is 1260. The number of aliphatic imine (C=N–C) groups is 1. The van der Waals surface area contributed by atoms with Crippen LogP contribution in [0.3, 0.4) is 0 Å². The fourth-order valence-electron chi connectivity index (χ4n) is 3.95. The molecular weight excluding hydrogens is 462 g/mol. The lowest BCUT2D eigenvalue weighted by Gasteiger charge is -2.34. The van der Waals surface area contributed by atoms with E-state index < -0.39 is 11.0 Å². The van der Waals surface area contributed by atoms with Gasteiger partial charge in [0.2, 0.25) is 0 Å². The molecule has 36 heavy (non-hydrogen) atoms. The number of hydrogen-bond acceptors (Lipinski definition) is 6. The topological polar surface area (TPSA) is 146 Å². The van der Waals surface area contributed by atoms with Crippen LogP contribution in [0.1, 0.15) is 30.5 Å². The molecule has 0 bridgehead atoms. The Hall–Kier alpha value is -4.60. The molecule has 0 spiro atoms. The van der Waals surface area contributed by atoms with Gasteiger partial charge in [0.05, 0.1) is 29.8 Å². The number of hydrogen-bond donors (Lipinski definition) is 2. The second-order valence-electron chi connectivity index (χ2n) is 8.36. The van der Waals surface area contributed by atoms with E-state index >= 15 is 0 Å². The average Bonchev–Trinajstić information content (AvgIpc) is 2.86. The Labute approximate surface area is 208 Å². The quantitative estimate of drug-likeness (QED) is 0.202. The largest absolute Gasteiger partial charge is 0.493 e. The molecule has 3 aromatic carbocycles. The minimum atomic E-state index is -0.723. The predicted octanol–water partition coefficient (Wildman–Crippen LogP) is 3.69. The summed E-state index contributed by atoms with van der Waals surface area (Å²) in [6.45, 7) is 2.43. The zero-order valence-electron chi connectivity index (χ0n) is 19.7. The van der Waals surface area contributed by atoms with Crippen molar-refractivity contribution in [2.24, 2.45) is 16.5 Å². The number of para-hydroxylation sites is 2. The molecule has 2 atom stereocenters. The standard InChI is InChI=1S/C26H27N5O5/c1-17(29-26(27)28)19-8-12-21(13-9-19)35-15-14-24-25(32)30(22-4-2-3-5-23(22)36-24)16-18-6-10-20(11-7-18)31(33)34/h2-13,17,24H,14-16H2,1H3,(H4,27,28,29). The Morgan fingerprint density at radius 1 is 1.11 bits per heavy atom. The summed E-state index contributed by atoms with van der Waals surface area (Å²) < 4.78 is 11.8. The molecule has 4 N–H and O–H groups in total. The molecule has 4 rings (SSSR count). The number of carbonyl (C=O) groups is 1. The molecule has 10 heteroatoms. The van der Waals surface area contributed by atoms with Gasteiger partial charge in [-0.1, -0.05) is 36.4 Å². The molecule has 0 saturated carbocycles. The van der Waals surface area contributed by atoms with Crippen molar-refractivity contribution in [3.8, 4) is 11.5 Å². The number of anilines is 1.